The summed E-state index contributed by atoms with van der Waals surface area (Å²) in [6, 6.07) is 3.55. The molecule has 106 valence electrons. The first-order valence-corrected chi connectivity index (χ1v) is 8.18. The molecule has 1 saturated carbocycles. The molecular formula is C13H13Cl2N3OS. The number of nitrogens with two attached hydrogens (primary N) is 1. The fourth-order valence-electron chi connectivity index (χ4n) is 2.17. The maximum absolute atomic E-state index is 6.21. The standard InChI is InChI=1S/C13H13Cl2N3OS/c1-20-10-5-7(8(14)6-9(10)15)11-17-12(18-19-11)13(16)3-2-4-13/h5-6H,2-4,16H2,1H3. The second-order valence-corrected chi connectivity index (χ2v) is 6.56. The fraction of sp³-hybridized carbons (Fsp3) is 0.385. The smallest absolute Gasteiger partial charge is 0.259 e. The van der Waals surface area contributed by atoms with Crippen LogP contribution in [0.5, 0.6) is 0 Å². The predicted molar refractivity (Wildman–Crippen MR) is 81.3 cm³/mol. The molecule has 0 radical (unpaired) electrons. The van der Waals surface area contributed by atoms with Gasteiger partial charge in [-0.25, -0.2) is 0 Å². The molecule has 1 aromatic heterocycles. The van der Waals surface area contributed by atoms with Crippen LogP contribution in [0.15, 0.2) is 21.6 Å². The largest absolute Gasteiger partial charge is 0.334 e. The Morgan fingerprint density at radius 1 is 1.30 bits per heavy atom. The highest BCUT2D eigenvalue weighted by Gasteiger charge is 2.39. The lowest BCUT2D eigenvalue weighted by Gasteiger charge is -2.34. The number of halogens is 2. The second kappa shape index (κ2) is 5.22. The molecule has 7 heteroatoms. The molecular weight excluding hydrogens is 317 g/mol. The van der Waals surface area contributed by atoms with E-state index in [1.807, 2.05) is 12.3 Å². The van der Waals surface area contributed by atoms with E-state index in [1.54, 1.807) is 6.07 Å². The predicted octanol–water partition coefficient (Wildman–Crippen LogP) is 4.10. The average molecular weight is 330 g/mol. The van der Waals surface area contributed by atoms with Crippen LogP contribution in [0.2, 0.25) is 10.0 Å². The van der Waals surface area contributed by atoms with Crippen molar-refractivity contribution in [2.75, 3.05) is 6.26 Å². The minimum Gasteiger partial charge on any atom is -0.334 e. The van der Waals surface area contributed by atoms with E-state index in [9.17, 15) is 0 Å². The monoisotopic (exact) mass is 329 g/mol. The van der Waals surface area contributed by atoms with Crippen LogP contribution in [-0.4, -0.2) is 16.4 Å². The molecule has 0 saturated heterocycles. The number of benzene rings is 1. The topological polar surface area (TPSA) is 64.9 Å². The molecule has 2 N–H and O–H groups in total. The van der Waals surface area contributed by atoms with E-state index in [4.69, 9.17) is 33.5 Å². The molecule has 1 aliphatic rings. The third kappa shape index (κ3) is 2.33. The van der Waals surface area contributed by atoms with Gasteiger partial charge in [0.2, 0.25) is 0 Å². The summed E-state index contributed by atoms with van der Waals surface area (Å²) in [7, 11) is 0. The van der Waals surface area contributed by atoms with Crippen LogP contribution in [0.4, 0.5) is 0 Å². The Morgan fingerprint density at radius 2 is 2.05 bits per heavy atom. The number of nitrogens with zero attached hydrogens (tertiary/aromatic N) is 2. The minimum absolute atomic E-state index is 0.383. The van der Waals surface area contributed by atoms with Crippen molar-refractivity contribution >= 4 is 35.0 Å². The number of rotatable bonds is 3. The molecule has 0 amide bonds. The van der Waals surface area contributed by atoms with E-state index in [0.29, 0.717) is 27.3 Å². The molecule has 1 aliphatic carbocycles. The van der Waals surface area contributed by atoms with Crippen LogP contribution < -0.4 is 5.73 Å². The van der Waals surface area contributed by atoms with Gasteiger partial charge in [-0.05, 0) is 37.7 Å². The van der Waals surface area contributed by atoms with E-state index in [1.165, 1.54) is 11.8 Å². The molecule has 20 heavy (non-hydrogen) atoms. The zero-order chi connectivity index (χ0) is 14.3. The highest BCUT2D eigenvalue weighted by Crippen LogP contribution is 2.39. The number of aromatic nitrogens is 2. The van der Waals surface area contributed by atoms with Gasteiger partial charge >= 0.3 is 0 Å². The Labute approximate surface area is 131 Å². The number of thioether (sulfide) groups is 1. The Morgan fingerprint density at radius 3 is 2.65 bits per heavy atom. The second-order valence-electron chi connectivity index (χ2n) is 4.90. The molecule has 0 spiro atoms. The Balaban J connectivity index is 2.01. The summed E-state index contributed by atoms with van der Waals surface area (Å²) in [5, 5.41) is 5.10. The van der Waals surface area contributed by atoms with Crippen molar-refractivity contribution in [3.05, 3.63) is 28.0 Å². The Hall–Kier alpha value is -0.750. The molecule has 0 unspecified atom stereocenters. The molecule has 2 aromatic rings. The van der Waals surface area contributed by atoms with Gasteiger partial charge in [0.15, 0.2) is 5.82 Å². The van der Waals surface area contributed by atoms with Crippen molar-refractivity contribution in [3.8, 4) is 11.5 Å². The van der Waals surface area contributed by atoms with Gasteiger partial charge in [-0.3, -0.25) is 0 Å². The third-order valence-electron chi connectivity index (χ3n) is 3.59. The van der Waals surface area contributed by atoms with E-state index in [-0.39, 0.29) is 0 Å². The number of hydrogen-bond acceptors (Lipinski definition) is 5. The van der Waals surface area contributed by atoms with Crippen LogP contribution in [0, 0.1) is 0 Å². The zero-order valence-corrected chi connectivity index (χ0v) is 13.1. The van der Waals surface area contributed by atoms with Crippen molar-refractivity contribution < 1.29 is 4.52 Å². The van der Waals surface area contributed by atoms with Crippen LogP contribution in [-0.2, 0) is 5.54 Å². The van der Waals surface area contributed by atoms with Crippen molar-refractivity contribution in [3.63, 3.8) is 0 Å². The number of hydrogen-bond donors (Lipinski definition) is 1. The fourth-order valence-corrected chi connectivity index (χ4v) is 3.35. The summed E-state index contributed by atoms with van der Waals surface area (Å²) >= 11 is 13.9. The summed E-state index contributed by atoms with van der Waals surface area (Å²) in [5.74, 6) is 0.934. The van der Waals surface area contributed by atoms with Gasteiger partial charge in [0.1, 0.15) is 0 Å². The molecule has 0 bridgehead atoms. The lowest BCUT2D eigenvalue weighted by molar-refractivity contribution is 0.229. The van der Waals surface area contributed by atoms with Crippen molar-refractivity contribution in [2.24, 2.45) is 5.73 Å². The van der Waals surface area contributed by atoms with Crippen molar-refractivity contribution in [2.45, 2.75) is 29.7 Å². The summed E-state index contributed by atoms with van der Waals surface area (Å²) in [4.78, 5) is 5.31. The van der Waals surface area contributed by atoms with Crippen LogP contribution in [0.3, 0.4) is 0 Å². The van der Waals surface area contributed by atoms with E-state index >= 15 is 0 Å². The normalized spacial score (nSPS) is 17.0. The van der Waals surface area contributed by atoms with E-state index < -0.39 is 5.54 Å². The average Bonchev–Trinajstić information content (AvgIpc) is 2.86. The summed E-state index contributed by atoms with van der Waals surface area (Å²) < 4.78 is 5.32. The first-order chi connectivity index (χ1) is 9.53. The van der Waals surface area contributed by atoms with Crippen LogP contribution in [0.1, 0.15) is 25.1 Å². The van der Waals surface area contributed by atoms with Gasteiger partial charge in [0.05, 0.1) is 21.1 Å². The van der Waals surface area contributed by atoms with Gasteiger partial charge in [-0.1, -0.05) is 28.4 Å². The molecule has 4 nitrogen and oxygen atoms in total. The van der Waals surface area contributed by atoms with Gasteiger partial charge < -0.3 is 10.3 Å². The molecule has 0 atom stereocenters. The maximum Gasteiger partial charge on any atom is 0.259 e. The summed E-state index contributed by atoms with van der Waals surface area (Å²) in [5.41, 5.74) is 6.43. The van der Waals surface area contributed by atoms with Crippen molar-refractivity contribution in [1.29, 1.82) is 0 Å². The van der Waals surface area contributed by atoms with Gasteiger partial charge in [-0.2, -0.15) is 4.98 Å². The van der Waals surface area contributed by atoms with Crippen LogP contribution in [0.25, 0.3) is 11.5 Å². The lowest BCUT2D eigenvalue weighted by Crippen LogP contribution is -2.44. The Bertz CT molecular complexity index is 655. The highest BCUT2D eigenvalue weighted by molar-refractivity contribution is 7.98. The molecule has 0 aliphatic heterocycles. The first-order valence-electron chi connectivity index (χ1n) is 6.20. The first kappa shape index (κ1) is 14.2. The molecule has 3 rings (SSSR count). The maximum atomic E-state index is 6.21. The van der Waals surface area contributed by atoms with Gasteiger partial charge in [-0.15, -0.1) is 11.8 Å². The summed E-state index contributed by atoms with van der Waals surface area (Å²) in [6.45, 7) is 0. The van der Waals surface area contributed by atoms with Crippen LogP contribution >= 0.6 is 35.0 Å². The van der Waals surface area contributed by atoms with Gasteiger partial charge in [0.25, 0.3) is 5.89 Å². The molecule has 1 heterocycles. The molecule has 1 fully saturated rings. The lowest BCUT2D eigenvalue weighted by atomic mass is 9.77. The highest BCUT2D eigenvalue weighted by atomic mass is 35.5. The minimum atomic E-state index is -0.441. The van der Waals surface area contributed by atoms with Gasteiger partial charge in [0, 0.05) is 4.90 Å². The van der Waals surface area contributed by atoms with Crippen molar-refractivity contribution in [1.82, 2.24) is 10.1 Å². The van der Waals surface area contributed by atoms with E-state index in [2.05, 4.69) is 10.1 Å². The summed E-state index contributed by atoms with van der Waals surface area (Å²) in [6.07, 6.45) is 4.81. The molecule has 1 aromatic carbocycles. The third-order valence-corrected chi connectivity index (χ3v) is 5.10. The quantitative estimate of drug-likeness (QED) is 0.858. The zero-order valence-electron chi connectivity index (χ0n) is 10.8. The Kier molecular flexibility index (Phi) is 3.71. The van der Waals surface area contributed by atoms with E-state index in [0.717, 1.165) is 24.2 Å². The SMILES string of the molecule is CSc1cc(-c2nc(C3(N)CCC3)no2)c(Cl)cc1Cl.